The molecule has 0 aromatic heterocycles. The molecule has 9 N–H and O–H groups in total. The number of aliphatic hydroxyl groups is 7. The number of aliphatic hydroxyl groups excluding tert-OH is 7. The van der Waals surface area contributed by atoms with Crippen LogP contribution in [0, 0.1) is 0 Å². The highest BCUT2D eigenvalue weighted by Crippen LogP contribution is 2.44. The van der Waals surface area contributed by atoms with E-state index in [1.165, 1.54) is 0 Å². The molecular weight excluding hydrogens is 346 g/mol. The average molecular weight is 369 g/mol. The molecule has 0 aromatic rings. The van der Waals surface area contributed by atoms with Crippen molar-refractivity contribution in [3.05, 3.63) is 0 Å². The molecule has 3 aliphatic heterocycles. The maximum Gasteiger partial charge on any atom is 0.314 e. The van der Waals surface area contributed by atoms with E-state index in [9.17, 15) is 35.7 Å². The molecule has 25 heavy (non-hydrogen) atoms. The van der Waals surface area contributed by atoms with Crippen LogP contribution in [-0.4, -0.2) is 116 Å². The van der Waals surface area contributed by atoms with Crippen LogP contribution in [0.4, 0.5) is 0 Å². The lowest BCUT2D eigenvalue weighted by atomic mass is 9.93. The summed E-state index contributed by atoms with van der Waals surface area (Å²) in [5, 5.41) is 68.9. The molecule has 11 atom stereocenters. The first-order valence-corrected chi connectivity index (χ1v) is 7.82. The Bertz CT molecular complexity index is 483. The van der Waals surface area contributed by atoms with Crippen molar-refractivity contribution in [2.45, 2.75) is 67.1 Å². The Balaban J connectivity index is 1.88. The predicted octanol–water partition coefficient (Wildman–Crippen LogP) is -5.70. The van der Waals surface area contributed by atoms with E-state index in [0.29, 0.717) is 0 Å². The summed E-state index contributed by atoms with van der Waals surface area (Å²) in [5.74, 6) is -2.36. The first kappa shape index (κ1) is 19.3. The molecule has 3 aliphatic rings. The van der Waals surface area contributed by atoms with Gasteiger partial charge in [-0.3, -0.25) is 0 Å². The van der Waals surface area contributed by atoms with Crippen molar-refractivity contribution in [2.75, 3.05) is 13.2 Å². The minimum atomic E-state index is -2.36. The smallest absolute Gasteiger partial charge is 0.314 e. The molecular formula is C13H23NO11. The zero-order valence-electron chi connectivity index (χ0n) is 13.0. The molecule has 0 bridgehead atoms. The van der Waals surface area contributed by atoms with E-state index in [0.717, 1.165) is 0 Å². The molecule has 3 saturated heterocycles. The van der Waals surface area contributed by atoms with Crippen LogP contribution in [0.2, 0.25) is 0 Å². The van der Waals surface area contributed by atoms with Gasteiger partial charge in [-0.1, -0.05) is 0 Å². The van der Waals surface area contributed by atoms with E-state index in [1.54, 1.807) is 0 Å². The summed E-state index contributed by atoms with van der Waals surface area (Å²) in [6.07, 6.45) is -13.5. The SMILES string of the molecule is NC(CO)C1O[C@]2(OC3C(O)OC(CO)C(O)C3O2)C(O)C(O)C1O. The zero-order valence-corrected chi connectivity index (χ0v) is 13.0. The van der Waals surface area contributed by atoms with Gasteiger partial charge in [-0.2, -0.15) is 0 Å². The van der Waals surface area contributed by atoms with Crippen molar-refractivity contribution < 1.29 is 54.7 Å². The number of ether oxygens (including phenoxy) is 4. The van der Waals surface area contributed by atoms with Gasteiger partial charge in [0, 0.05) is 0 Å². The third kappa shape index (κ3) is 2.97. The monoisotopic (exact) mass is 369 g/mol. The van der Waals surface area contributed by atoms with Gasteiger partial charge in [0.15, 0.2) is 12.4 Å². The zero-order chi connectivity index (χ0) is 18.5. The van der Waals surface area contributed by atoms with Gasteiger partial charge < -0.3 is 60.4 Å². The van der Waals surface area contributed by atoms with Crippen LogP contribution in [0.15, 0.2) is 0 Å². The molecule has 1 spiro atoms. The number of hydrogen-bond donors (Lipinski definition) is 8. The van der Waals surface area contributed by atoms with Crippen LogP contribution >= 0.6 is 0 Å². The van der Waals surface area contributed by atoms with E-state index in [1.807, 2.05) is 0 Å². The highest BCUT2D eigenvalue weighted by atomic mass is 16.9. The first-order chi connectivity index (χ1) is 11.8. The summed E-state index contributed by atoms with van der Waals surface area (Å²) in [6.45, 7) is -1.21. The number of fused-ring (bicyclic) bond motifs is 1. The fraction of sp³-hybridized carbons (Fsp3) is 1.00. The summed E-state index contributed by atoms with van der Waals surface area (Å²) < 4.78 is 21.3. The molecule has 3 rings (SSSR count). The Labute approximate surface area is 141 Å². The Hall–Kier alpha value is -0.480. The van der Waals surface area contributed by atoms with Gasteiger partial charge in [0.05, 0.1) is 19.3 Å². The molecule has 0 aromatic carbocycles. The van der Waals surface area contributed by atoms with Crippen LogP contribution in [-0.2, 0) is 18.9 Å². The van der Waals surface area contributed by atoms with E-state index in [4.69, 9.17) is 24.7 Å². The van der Waals surface area contributed by atoms with Crippen molar-refractivity contribution in [1.29, 1.82) is 0 Å². The standard InChI is InChI=1S/C13H23NO11/c14-3(1-15)8-6(18)7(19)11(20)13(23-8)24-9-5(17)4(2-16)22-12(21)10(9)25-13/h3-12,15-21H,1-2,14H2/t3?,4?,5?,6?,7?,8?,9?,10?,11?,12?,13-/m1/s1. The molecule has 3 heterocycles. The van der Waals surface area contributed by atoms with Gasteiger partial charge in [-0.15, -0.1) is 0 Å². The van der Waals surface area contributed by atoms with Gasteiger partial charge in [0.1, 0.15) is 42.7 Å². The number of hydrogen-bond acceptors (Lipinski definition) is 12. The van der Waals surface area contributed by atoms with Gasteiger partial charge in [-0.25, -0.2) is 0 Å². The van der Waals surface area contributed by atoms with Gasteiger partial charge in [0.25, 0.3) is 0 Å². The van der Waals surface area contributed by atoms with E-state index >= 15 is 0 Å². The average Bonchev–Trinajstić information content (AvgIpc) is 3.00. The Morgan fingerprint density at radius 1 is 0.880 bits per heavy atom. The third-order valence-corrected chi connectivity index (χ3v) is 4.72. The number of nitrogens with two attached hydrogens (primary N) is 1. The van der Waals surface area contributed by atoms with Gasteiger partial charge in [-0.05, 0) is 0 Å². The van der Waals surface area contributed by atoms with Crippen molar-refractivity contribution in [1.82, 2.24) is 0 Å². The van der Waals surface area contributed by atoms with E-state index < -0.39 is 80.4 Å². The topological polar surface area (TPSA) is 205 Å². The molecule has 0 saturated carbocycles. The molecule has 146 valence electrons. The predicted molar refractivity (Wildman–Crippen MR) is 74.4 cm³/mol. The maximum absolute atomic E-state index is 10.3. The first-order valence-electron chi connectivity index (χ1n) is 7.82. The maximum atomic E-state index is 10.3. The highest BCUT2D eigenvalue weighted by Gasteiger charge is 2.66. The lowest BCUT2D eigenvalue weighted by molar-refractivity contribution is -0.438. The summed E-state index contributed by atoms with van der Waals surface area (Å²) in [4.78, 5) is 0. The summed E-state index contributed by atoms with van der Waals surface area (Å²) >= 11 is 0. The van der Waals surface area contributed by atoms with Crippen molar-refractivity contribution in [2.24, 2.45) is 5.73 Å². The van der Waals surface area contributed by atoms with Crippen molar-refractivity contribution in [3.8, 4) is 0 Å². The van der Waals surface area contributed by atoms with Crippen LogP contribution in [0.5, 0.6) is 0 Å². The molecule has 12 heteroatoms. The minimum Gasteiger partial charge on any atom is -0.395 e. The van der Waals surface area contributed by atoms with E-state index in [-0.39, 0.29) is 0 Å². The minimum absolute atomic E-state index is 0.603. The van der Waals surface area contributed by atoms with Crippen LogP contribution < -0.4 is 5.73 Å². The van der Waals surface area contributed by atoms with Crippen molar-refractivity contribution >= 4 is 0 Å². The Morgan fingerprint density at radius 3 is 2.12 bits per heavy atom. The van der Waals surface area contributed by atoms with Crippen LogP contribution in [0.3, 0.4) is 0 Å². The second-order valence-corrected chi connectivity index (χ2v) is 6.36. The van der Waals surface area contributed by atoms with E-state index in [2.05, 4.69) is 0 Å². The lowest BCUT2D eigenvalue weighted by Crippen LogP contribution is -2.68. The second-order valence-electron chi connectivity index (χ2n) is 6.36. The Morgan fingerprint density at radius 2 is 1.52 bits per heavy atom. The molecule has 10 unspecified atom stereocenters. The molecule has 0 amide bonds. The van der Waals surface area contributed by atoms with Crippen molar-refractivity contribution in [3.63, 3.8) is 0 Å². The largest absolute Gasteiger partial charge is 0.395 e. The fourth-order valence-electron chi connectivity index (χ4n) is 3.28. The van der Waals surface area contributed by atoms with Gasteiger partial charge >= 0.3 is 5.97 Å². The highest BCUT2D eigenvalue weighted by molar-refractivity contribution is 5.03. The fourth-order valence-corrected chi connectivity index (χ4v) is 3.28. The lowest BCUT2D eigenvalue weighted by Gasteiger charge is -2.46. The molecule has 0 radical (unpaired) electrons. The third-order valence-electron chi connectivity index (χ3n) is 4.72. The summed E-state index contributed by atoms with van der Waals surface area (Å²) in [6, 6.07) is -1.14. The Kier molecular flexibility index (Phi) is 5.34. The summed E-state index contributed by atoms with van der Waals surface area (Å²) in [7, 11) is 0. The molecule has 3 fully saturated rings. The summed E-state index contributed by atoms with van der Waals surface area (Å²) in [5.41, 5.74) is 5.65. The quantitative estimate of drug-likeness (QED) is 0.234. The van der Waals surface area contributed by atoms with Crippen LogP contribution in [0.25, 0.3) is 0 Å². The molecule has 0 aliphatic carbocycles. The molecule has 12 nitrogen and oxygen atoms in total. The second kappa shape index (κ2) is 6.92. The van der Waals surface area contributed by atoms with Gasteiger partial charge in [0.2, 0.25) is 0 Å². The number of rotatable bonds is 3. The van der Waals surface area contributed by atoms with Crippen LogP contribution in [0.1, 0.15) is 0 Å². The normalized spacial score (nSPS) is 54.5.